The molecule has 1 atom stereocenters. The molecule has 3 heteroatoms. The Morgan fingerprint density at radius 3 is 2.58 bits per heavy atom. The normalized spacial score (nSPS) is 12.6. The summed E-state index contributed by atoms with van der Waals surface area (Å²) in [6.07, 6.45) is 1.07. The minimum atomic E-state index is 0.302. The molecule has 0 aliphatic carbocycles. The van der Waals surface area contributed by atoms with Crippen molar-refractivity contribution in [3.63, 3.8) is 0 Å². The first-order valence-electron chi connectivity index (χ1n) is 6.74. The van der Waals surface area contributed by atoms with Crippen molar-refractivity contribution in [2.45, 2.75) is 33.2 Å². The van der Waals surface area contributed by atoms with Gasteiger partial charge >= 0.3 is 0 Å². The van der Waals surface area contributed by atoms with E-state index < -0.39 is 0 Å². The van der Waals surface area contributed by atoms with Crippen LogP contribution in [0.25, 0.3) is 0 Å². The van der Waals surface area contributed by atoms with Crippen LogP contribution in [0.5, 0.6) is 0 Å². The van der Waals surface area contributed by atoms with Crippen LogP contribution in [0.3, 0.4) is 0 Å². The van der Waals surface area contributed by atoms with Gasteiger partial charge < -0.3 is 5.32 Å². The molecule has 0 spiro atoms. The predicted octanol–water partition coefficient (Wildman–Crippen LogP) is 5.08. The largest absolute Gasteiger partial charge is 0.306 e. The molecule has 1 aromatic heterocycles. The topological polar surface area (TPSA) is 12.0 Å². The molecule has 102 valence electrons. The van der Waals surface area contributed by atoms with Crippen LogP contribution < -0.4 is 5.32 Å². The summed E-state index contributed by atoms with van der Waals surface area (Å²) in [6.45, 7) is 7.51. The van der Waals surface area contributed by atoms with Crippen molar-refractivity contribution in [3.05, 3.63) is 55.7 Å². The third kappa shape index (κ3) is 3.28. The second-order valence-corrected chi connectivity index (χ2v) is 6.74. The van der Waals surface area contributed by atoms with Crippen molar-refractivity contribution in [1.82, 2.24) is 5.32 Å². The van der Waals surface area contributed by atoms with E-state index in [9.17, 15) is 0 Å². The maximum absolute atomic E-state index is 3.63. The van der Waals surface area contributed by atoms with E-state index in [1.807, 2.05) is 11.3 Å². The minimum Gasteiger partial charge on any atom is -0.306 e. The van der Waals surface area contributed by atoms with Gasteiger partial charge in [0.25, 0.3) is 0 Å². The zero-order chi connectivity index (χ0) is 13.8. The highest BCUT2D eigenvalue weighted by Crippen LogP contribution is 2.34. The fraction of sp³-hybridized carbons (Fsp3) is 0.375. The van der Waals surface area contributed by atoms with Crippen molar-refractivity contribution in [2.24, 2.45) is 0 Å². The van der Waals surface area contributed by atoms with E-state index in [1.54, 1.807) is 0 Å². The summed E-state index contributed by atoms with van der Waals surface area (Å²) >= 11 is 5.49. The summed E-state index contributed by atoms with van der Waals surface area (Å²) in [6, 6.07) is 11.3. The van der Waals surface area contributed by atoms with Gasteiger partial charge in [0, 0.05) is 14.2 Å². The van der Waals surface area contributed by atoms with Crippen molar-refractivity contribution in [2.75, 3.05) is 6.54 Å². The lowest BCUT2D eigenvalue weighted by molar-refractivity contribution is 0.634. The summed E-state index contributed by atoms with van der Waals surface area (Å²) in [5.74, 6) is 0. The van der Waals surface area contributed by atoms with E-state index in [-0.39, 0.29) is 0 Å². The number of nitrogens with one attached hydrogen (secondary N) is 1. The van der Waals surface area contributed by atoms with Gasteiger partial charge in [-0.3, -0.25) is 0 Å². The van der Waals surface area contributed by atoms with Crippen molar-refractivity contribution < 1.29 is 0 Å². The summed E-state index contributed by atoms with van der Waals surface area (Å²) < 4.78 is 1.21. The van der Waals surface area contributed by atoms with Crippen molar-refractivity contribution in [3.8, 4) is 0 Å². The van der Waals surface area contributed by atoms with E-state index in [2.05, 4.69) is 72.3 Å². The van der Waals surface area contributed by atoms with E-state index in [1.165, 1.54) is 25.4 Å². The Hall–Kier alpha value is -0.640. The van der Waals surface area contributed by atoms with Gasteiger partial charge in [-0.2, -0.15) is 0 Å². The maximum atomic E-state index is 3.63. The summed E-state index contributed by atoms with van der Waals surface area (Å²) in [5.41, 5.74) is 2.83. The second-order valence-electron chi connectivity index (χ2n) is 4.60. The molecule has 1 unspecified atom stereocenters. The Morgan fingerprint density at radius 2 is 2.00 bits per heavy atom. The Labute approximate surface area is 128 Å². The first-order chi connectivity index (χ1) is 9.17. The molecule has 0 aliphatic heterocycles. The monoisotopic (exact) mass is 337 g/mol. The lowest BCUT2D eigenvalue weighted by Crippen LogP contribution is -2.22. The van der Waals surface area contributed by atoms with Crippen LogP contribution in [0.2, 0.25) is 0 Å². The molecular weight excluding hydrogens is 318 g/mol. The quantitative estimate of drug-likeness (QED) is 0.802. The molecule has 0 saturated carbocycles. The maximum Gasteiger partial charge on any atom is 0.0674 e. The van der Waals surface area contributed by atoms with Gasteiger partial charge in [-0.15, -0.1) is 11.3 Å². The van der Waals surface area contributed by atoms with E-state index >= 15 is 0 Å². The summed E-state index contributed by atoms with van der Waals surface area (Å²) in [7, 11) is 0. The van der Waals surface area contributed by atoms with Crippen LogP contribution in [0.15, 0.2) is 34.8 Å². The molecule has 0 aliphatic rings. The van der Waals surface area contributed by atoms with Gasteiger partial charge in [-0.1, -0.05) is 38.1 Å². The molecule has 0 radical (unpaired) electrons. The zero-order valence-corrected chi connectivity index (χ0v) is 14.1. The third-order valence-corrected chi connectivity index (χ3v) is 5.52. The number of thiophene rings is 1. The Kier molecular flexibility index (Phi) is 5.20. The molecule has 0 amide bonds. The van der Waals surface area contributed by atoms with Gasteiger partial charge in [0.2, 0.25) is 0 Å². The standard InChI is InChI=1S/C16H20BrNS/c1-4-12-8-6-7-9-13(12)16(18-5-2)15-10-14(17)11(3)19-15/h6-10,16,18H,4-5H2,1-3H3. The van der Waals surface area contributed by atoms with E-state index in [0.717, 1.165) is 13.0 Å². The number of rotatable bonds is 5. The lowest BCUT2D eigenvalue weighted by atomic mass is 9.97. The van der Waals surface area contributed by atoms with Crippen LogP contribution in [0.4, 0.5) is 0 Å². The van der Waals surface area contributed by atoms with Crippen molar-refractivity contribution in [1.29, 1.82) is 0 Å². The smallest absolute Gasteiger partial charge is 0.0674 e. The number of benzene rings is 1. The molecule has 1 heterocycles. The fourth-order valence-corrected chi connectivity index (χ4v) is 3.99. The fourth-order valence-electron chi connectivity index (χ4n) is 2.33. The van der Waals surface area contributed by atoms with Crippen LogP contribution in [-0.2, 0) is 6.42 Å². The highest BCUT2D eigenvalue weighted by molar-refractivity contribution is 9.10. The SMILES string of the molecule is CCNC(c1cc(Br)c(C)s1)c1ccccc1CC. The van der Waals surface area contributed by atoms with Gasteiger partial charge in [-0.25, -0.2) is 0 Å². The number of aryl methyl sites for hydroxylation is 2. The molecule has 1 nitrogen and oxygen atoms in total. The van der Waals surface area contributed by atoms with E-state index in [0.29, 0.717) is 6.04 Å². The van der Waals surface area contributed by atoms with Crippen LogP contribution in [0, 0.1) is 6.92 Å². The first kappa shape index (κ1) is 14.8. The number of halogens is 1. The molecule has 0 fully saturated rings. The molecule has 0 bridgehead atoms. The average Bonchev–Trinajstić information content (AvgIpc) is 2.76. The Bertz CT molecular complexity index is 528. The van der Waals surface area contributed by atoms with Gasteiger partial charge in [0.15, 0.2) is 0 Å². The van der Waals surface area contributed by atoms with Crippen LogP contribution in [-0.4, -0.2) is 6.54 Å². The van der Waals surface area contributed by atoms with Gasteiger partial charge in [-0.05, 0) is 53.0 Å². The van der Waals surface area contributed by atoms with Gasteiger partial charge in [0.05, 0.1) is 6.04 Å². The number of hydrogen-bond donors (Lipinski definition) is 1. The number of hydrogen-bond acceptors (Lipinski definition) is 2. The molecule has 1 N–H and O–H groups in total. The summed E-state index contributed by atoms with van der Waals surface area (Å²) in [5, 5.41) is 3.62. The molecule has 0 saturated heterocycles. The zero-order valence-electron chi connectivity index (χ0n) is 11.7. The molecular formula is C16H20BrNS. The average molecular weight is 338 g/mol. The van der Waals surface area contributed by atoms with Crippen molar-refractivity contribution >= 4 is 27.3 Å². The summed E-state index contributed by atoms with van der Waals surface area (Å²) in [4.78, 5) is 2.72. The predicted molar refractivity (Wildman–Crippen MR) is 88.1 cm³/mol. The molecule has 1 aromatic carbocycles. The highest BCUT2D eigenvalue weighted by atomic mass is 79.9. The van der Waals surface area contributed by atoms with E-state index in [4.69, 9.17) is 0 Å². The van der Waals surface area contributed by atoms with Crippen LogP contribution in [0.1, 0.15) is 40.8 Å². The molecule has 2 aromatic rings. The third-order valence-electron chi connectivity index (χ3n) is 3.32. The first-order valence-corrected chi connectivity index (χ1v) is 8.35. The Balaban J connectivity index is 2.44. The highest BCUT2D eigenvalue weighted by Gasteiger charge is 2.18. The minimum absolute atomic E-state index is 0.302. The van der Waals surface area contributed by atoms with Gasteiger partial charge in [0.1, 0.15) is 0 Å². The molecule has 2 rings (SSSR count). The van der Waals surface area contributed by atoms with Crippen LogP contribution >= 0.6 is 27.3 Å². The lowest BCUT2D eigenvalue weighted by Gasteiger charge is -2.20. The molecule has 19 heavy (non-hydrogen) atoms. The second kappa shape index (κ2) is 6.69. The Morgan fingerprint density at radius 1 is 1.26 bits per heavy atom.